The molecule has 0 amide bonds. The minimum atomic E-state index is -0.568. The number of epoxide rings is 1. The van der Waals surface area contributed by atoms with E-state index < -0.39 is 5.79 Å². The van der Waals surface area contributed by atoms with Crippen molar-refractivity contribution in [3.63, 3.8) is 0 Å². The third-order valence-corrected chi connectivity index (χ3v) is 4.00. The highest BCUT2D eigenvalue weighted by Gasteiger charge is 2.32. The van der Waals surface area contributed by atoms with E-state index in [1.54, 1.807) is 0 Å². The quantitative estimate of drug-likeness (QED) is 0.242. The Morgan fingerprint density at radius 2 is 1.50 bits per heavy atom. The van der Waals surface area contributed by atoms with Gasteiger partial charge in [-0.2, -0.15) is 0 Å². The Balaban J connectivity index is 2.24. The fourth-order valence-corrected chi connectivity index (χ4v) is 2.73. The van der Waals surface area contributed by atoms with Gasteiger partial charge in [-0.1, -0.05) is 45.4 Å². The number of rotatable bonds is 16. The molecule has 0 aromatic heterocycles. The molecule has 0 aromatic carbocycles. The largest absolute Gasteiger partial charge is 0.373 e. The van der Waals surface area contributed by atoms with Crippen LogP contribution in [-0.4, -0.2) is 44.9 Å². The zero-order valence-electron chi connectivity index (χ0n) is 14.9. The van der Waals surface area contributed by atoms with Gasteiger partial charge in [0.15, 0.2) is 5.79 Å². The number of unbranched alkanes of at least 4 members (excludes halogenated alkanes) is 6. The fourth-order valence-electron chi connectivity index (χ4n) is 2.73. The molecule has 0 saturated carbocycles. The lowest BCUT2D eigenvalue weighted by atomic mass is 10.0. The molecule has 0 N–H and O–H groups in total. The van der Waals surface area contributed by atoms with E-state index in [9.17, 15) is 0 Å². The molecule has 1 aliphatic heterocycles. The molecule has 1 saturated heterocycles. The Hall–Kier alpha value is -0.160. The molecule has 0 bridgehead atoms. The molecule has 1 heterocycles. The van der Waals surface area contributed by atoms with E-state index in [1.807, 2.05) is 13.8 Å². The lowest BCUT2D eigenvalue weighted by Crippen LogP contribution is -2.41. The predicted octanol–water partition coefficient (Wildman–Crippen LogP) is 4.31. The maximum atomic E-state index is 5.93. The molecule has 0 aliphatic carbocycles. The van der Waals surface area contributed by atoms with Gasteiger partial charge in [-0.25, -0.2) is 0 Å². The van der Waals surface area contributed by atoms with E-state index in [1.165, 1.54) is 38.5 Å². The highest BCUT2D eigenvalue weighted by Crippen LogP contribution is 2.24. The molecule has 1 atom stereocenters. The van der Waals surface area contributed by atoms with Crippen LogP contribution in [0.1, 0.15) is 72.1 Å². The molecule has 1 aliphatic rings. The molecule has 132 valence electrons. The average molecular weight is 316 g/mol. The van der Waals surface area contributed by atoms with Crippen LogP contribution in [0.3, 0.4) is 0 Å². The molecule has 1 fully saturated rings. The topological polar surface area (TPSA) is 40.2 Å². The summed E-state index contributed by atoms with van der Waals surface area (Å²) in [6.07, 6.45) is 10.3. The van der Waals surface area contributed by atoms with Gasteiger partial charge in [0.25, 0.3) is 0 Å². The summed E-state index contributed by atoms with van der Waals surface area (Å²) >= 11 is 0. The molecule has 0 spiro atoms. The van der Waals surface area contributed by atoms with Crippen LogP contribution >= 0.6 is 0 Å². The van der Waals surface area contributed by atoms with Crippen LogP contribution in [0, 0.1) is 0 Å². The minimum Gasteiger partial charge on any atom is -0.373 e. The Morgan fingerprint density at radius 1 is 0.909 bits per heavy atom. The Labute approximate surface area is 136 Å². The van der Waals surface area contributed by atoms with Gasteiger partial charge >= 0.3 is 0 Å². The summed E-state index contributed by atoms with van der Waals surface area (Å²) in [6.45, 7) is 9.58. The molecular formula is C18H36O4. The molecule has 1 rings (SSSR count). The summed E-state index contributed by atoms with van der Waals surface area (Å²) in [7, 11) is 0. The van der Waals surface area contributed by atoms with Crippen LogP contribution < -0.4 is 0 Å². The van der Waals surface area contributed by atoms with E-state index >= 15 is 0 Å². The van der Waals surface area contributed by atoms with E-state index in [0.29, 0.717) is 32.5 Å². The summed E-state index contributed by atoms with van der Waals surface area (Å²) in [5.74, 6) is -0.568. The van der Waals surface area contributed by atoms with Crippen molar-refractivity contribution >= 4 is 0 Å². The van der Waals surface area contributed by atoms with Crippen molar-refractivity contribution in [3.05, 3.63) is 0 Å². The van der Waals surface area contributed by atoms with E-state index in [0.717, 1.165) is 19.4 Å². The first kappa shape index (κ1) is 19.9. The molecule has 22 heavy (non-hydrogen) atoms. The maximum absolute atomic E-state index is 5.93. The van der Waals surface area contributed by atoms with Gasteiger partial charge < -0.3 is 18.9 Å². The van der Waals surface area contributed by atoms with Crippen LogP contribution in [-0.2, 0) is 18.9 Å². The van der Waals surface area contributed by atoms with E-state index in [-0.39, 0.29) is 0 Å². The number of hydrogen-bond acceptors (Lipinski definition) is 4. The summed E-state index contributed by atoms with van der Waals surface area (Å²) in [4.78, 5) is 0. The van der Waals surface area contributed by atoms with Crippen LogP contribution in [0.25, 0.3) is 0 Å². The van der Waals surface area contributed by atoms with Crippen molar-refractivity contribution in [2.24, 2.45) is 0 Å². The van der Waals surface area contributed by atoms with Crippen molar-refractivity contribution in [2.45, 2.75) is 84.0 Å². The normalized spacial score (nSPS) is 17.9. The summed E-state index contributed by atoms with van der Waals surface area (Å²) in [5, 5.41) is 0. The first-order valence-corrected chi connectivity index (χ1v) is 9.23. The zero-order chi connectivity index (χ0) is 16.1. The van der Waals surface area contributed by atoms with Gasteiger partial charge in [-0.3, -0.25) is 0 Å². The van der Waals surface area contributed by atoms with Crippen LogP contribution in [0.2, 0.25) is 0 Å². The third-order valence-electron chi connectivity index (χ3n) is 4.00. The van der Waals surface area contributed by atoms with Crippen LogP contribution in [0.4, 0.5) is 0 Å². The Bertz CT molecular complexity index is 247. The van der Waals surface area contributed by atoms with Crippen molar-refractivity contribution in [1.29, 1.82) is 0 Å². The monoisotopic (exact) mass is 316 g/mol. The Kier molecular flexibility index (Phi) is 11.1. The van der Waals surface area contributed by atoms with Gasteiger partial charge in [0, 0.05) is 19.6 Å². The van der Waals surface area contributed by atoms with Crippen molar-refractivity contribution in [3.8, 4) is 0 Å². The van der Waals surface area contributed by atoms with Crippen molar-refractivity contribution in [2.75, 3.05) is 33.0 Å². The first-order chi connectivity index (χ1) is 10.8. The van der Waals surface area contributed by atoms with E-state index in [4.69, 9.17) is 18.9 Å². The second-order valence-electron chi connectivity index (χ2n) is 6.12. The van der Waals surface area contributed by atoms with Gasteiger partial charge in [0.2, 0.25) is 0 Å². The van der Waals surface area contributed by atoms with Gasteiger partial charge in [-0.15, -0.1) is 0 Å². The molecule has 0 radical (unpaired) electrons. The molecule has 1 unspecified atom stereocenters. The molecular weight excluding hydrogens is 280 g/mol. The zero-order valence-corrected chi connectivity index (χ0v) is 14.9. The number of hydrogen-bond donors (Lipinski definition) is 0. The smallest absolute Gasteiger partial charge is 0.191 e. The second kappa shape index (κ2) is 12.3. The maximum Gasteiger partial charge on any atom is 0.191 e. The van der Waals surface area contributed by atoms with Crippen molar-refractivity contribution in [1.82, 2.24) is 0 Å². The third kappa shape index (κ3) is 9.09. The van der Waals surface area contributed by atoms with Crippen molar-refractivity contribution < 1.29 is 18.9 Å². The second-order valence-corrected chi connectivity index (χ2v) is 6.12. The molecule has 4 nitrogen and oxygen atoms in total. The molecule has 0 aromatic rings. The van der Waals surface area contributed by atoms with Gasteiger partial charge in [0.1, 0.15) is 12.7 Å². The Morgan fingerprint density at radius 3 is 2.05 bits per heavy atom. The minimum absolute atomic E-state index is 0.291. The summed E-state index contributed by atoms with van der Waals surface area (Å²) in [6, 6.07) is 0. The fraction of sp³-hybridized carbons (Fsp3) is 1.00. The lowest BCUT2D eigenvalue weighted by molar-refractivity contribution is -0.262. The van der Waals surface area contributed by atoms with E-state index in [2.05, 4.69) is 6.92 Å². The van der Waals surface area contributed by atoms with Crippen LogP contribution in [0.5, 0.6) is 0 Å². The van der Waals surface area contributed by atoms with Gasteiger partial charge in [-0.05, 0) is 20.3 Å². The number of ether oxygens (including phenoxy) is 4. The summed E-state index contributed by atoms with van der Waals surface area (Å²) in [5.41, 5.74) is 0. The van der Waals surface area contributed by atoms with Crippen LogP contribution in [0.15, 0.2) is 0 Å². The summed E-state index contributed by atoms with van der Waals surface area (Å²) < 4.78 is 22.8. The first-order valence-electron chi connectivity index (χ1n) is 9.23. The highest BCUT2D eigenvalue weighted by atomic mass is 16.7. The SMILES string of the molecule is CCCCCCCCCC(COCC1CO1)(OCC)OCC. The predicted molar refractivity (Wildman–Crippen MR) is 89.2 cm³/mol. The standard InChI is InChI=1S/C18H36O4/c1-4-7-8-9-10-11-12-13-18(21-5-2,22-6-3)16-19-14-17-15-20-17/h17H,4-16H2,1-3H3. The lowest BCUT2D eigenvalue weighted by Gasteiger charge is -2.33. The van der Waals surface area contributed by atoms with Gasteiger partial charge in [0.05, 0.1) is 13.2 Å². The molecule has 4 heteroatoms. The highest BCUT2D eigenvalue weighted by molar-refractivity contribution is 4.73. The average Bonchev–Trinajstić information content (AvgIpc) is 3.31.